The van der Waals surface area contributed by atoms with Crippen molar-refractivity contribution in [1.82, 2.24) is 0 Å². The zero-order valence-electron chi connectivity index (χ0n) is 24.1. The van der Waals surface area contributed by atoms with Crippen LogP contribution in [0.5, 0.6) is 0 Å². The van der Waals surface area contributed by atoms with Gasteiger partial charge < -0.3 is 9.64 Å². The highest BCUT2D eigenvalue weighted by molar-refractivity contribution is 5.93. The van der Waals surface area contributed by atoms with Gasteiger partial charge in [-0.05, 0) is 97.1 Å². The molecule has 41 heavy (non-hydrogen) atoms. The number of rotatable bonds is 3. The number of fused-ring (bicyclic) bond motifs is 4. The van der Waals surface area contributed by atoms with Gasteiger partial charge >= 0.3 is 6.18 Å². The number of carbonyl (C=O) groups excluding carboxylic acids is 2. The molecule has 0 radical (unpaired) electrons. The van der Waals surface area contributed by atoms with Gasteiger partial charge in [-0.15, -0.1) is 0 Å². The van der Waals surface area contributed by atoms with Gasteiger partial charge in [-0.3, -0.25) is 9.59 Å². The number of benzene rings is 1. The van der Waals surface area contributed by atoms with Gasteiger partial charge in [0.05, 0.1) is 18.6 Å². The number of anilines is 1. The van der Waals surface area contributed by atoms with Crippen molar-refractivity contribution in [1.29, 1.82) is 0 Å². The summed E-state index contributed by atoms with van der Waals surface area (Å²) in [6.07, 6.45) is 0.803. The van der Waals surface area contributed by atoms with E-state index in [0.717, 1.165) is 36.3 Å². The van der Waals surface area contributed by atoms with Crippen molar-refractivity contribution in [2.75, 3.05) is 31.2 Å². The van der Waals surface area contributed by atoms with Crippen LogP contribution >= 0.6 is 0 Å². The minimum Gasteiger partial charge on any atom is -0.378 e. The molecule has 1 aromatic rings. The summed E-state index contributed by atoms with van der Waals surface area (Å²) in [6.45, 7) is 8.68. The van der Waals surface area contributed by atoms with Crippen LogP contribution in [0.1, 0.15) is 70.8 Å². The normalized spacial score (nSPS) is 35.1. The van der Waals surface area contributed by atoms with E-state index in [0.29, 0.717) is 45.3 Å². The summed E-state index contributed by atoms with van der Waals surface area (Å²) in [4.78, 5) is 28.1. The van der Waals surface area contributed by atoms with Crippen LogP contribution in [-0.4, -0.2) is 44.0 Å². The third-order valence-corrected chi connectivity index (χ3v) is 11.0. The van der Waals surface area contributed by atoms with Crippen LogP contribution < -0.4 is 4.90 Å². The van der Waals surface area contributed by atoms with Crippen molar-refractivity contribution in [2.45, 2.75) is 71.4 Å². The summed E-state index contributed by atoms with van der Waals surface area (Å²) in [5.74, 6) is 4.32. The number of allylic oxidation sites excluding steroid dienone is 4. The monoisotopic (exact) mass is 565 g/mol. The van der Waals surface area contributed by atoms with Crippen LogP contribution in [0.3, 0.4) is 0 Å². The molecule has 3 fully saturated rings. The fourth-order valence-corrected chi connectivity index (χ4v) is 9.07. The first-order chi connectivity index (χ1) is 19.4. The molecule has 6 atom stereocenters. The van der Waals surface area contributed by atoms with Gasteiger partial charge in [0.2, 0.25) is 0 Å². The van der Waals surface area contributed by atoms with Crippen molar-refractivity contribution in [2.24, 2.45) is 28.6 Å². The number of hydrogen-bond acceptors (Lipinski definition) is 4. The molecule has 0 aromatic heterocycles. The van der Waals surface area contributed by atoms with Crippen LogP contribution in [-0.2, 0) is 14.3 Å². The van der Waals surface area contributed by atoms with E-state index in [1.165, 1.54) is 24.0 Å². The second-order valence-electron chi connectivity index (χ2n) is 13.0. The van der Waals surface area contributed by atoms with Crippen molar-refractivity contribution in [3.8, 4) is 11.8 Å². The van der Waals surface area contributed by atoms with Crippen molar-refractivity contribution in [3.63, 3.8) is 0 Å². The van der Waals surface area contributed by atoms with E-state index in [4.69, 9.17) is 4.74 Å². The third kappa shape index (κ3) is 4.67. The lowest BCUT2D eigenvalue weighted by Crippen LogP contribution is -2.50. The molecule has 0 spiro atoms. The van der Waals surface area contributed by atoms with Crippen molar-refractivity contribution >= 4 is 17.3 Å². The Morgan fingerprint density at radius 1 is 1.12 bits per heavy atom. The molecule has 1 unspecified atom stereocenters. The molecule has 1 saturated heterocycles. The maximum atomic E-state index is 13.4. The predicted octanol–water partition coefficient (Wildman–Crippen LogP) is 6.81. The second-order valence-corrected chi connectivity index (χ2v) is 13.0. The zero-order chi connectivity index (χ0) is 29.2. The number of nitrogens with zero attached hydrogens (tertiary/aromatic N) is 1. The van der Waals surface area contributed by atoms with E-state index in [2.05, 4.69) is 42.0 Å². The van der Waals surface area contributed by atoms with Crippen LogP contribution in [0, 0.1) is 40.4 Å². The lowest BCUT2D eigenvalue weighted by molar-refractivity contribution is -0.130. The highest BCUT2D eigenvalue weighted by Gasteiger charge is 2.65. The van der Waals surface area contributed by atoms with Crippen molar-refractivity contribution in [3.05, 3.63) is 52.6 Å². The number of Topliss-reactive ketones (excluding diaryl/α,β-unsaturated/α-hetero) is 1. The summed E-state index contributed by atoms with van der Waals surface area (Å²) in [6, 6.07) is 8.59. The fraction of sp³-hybridized carbons (Fsp3) is 0.588. The Kier molecular flexibility index (Phi) is 7.00. The lowest BCUT2D eigenvalue weighted by Gasteiger charge is -2.55. The minimum absolute atomic E-state index is 0.0522. The van der Waals surface area contributed by atoms with Gasteiger partial charge in [-0.25, -0.2) is 0 Å². The zero-order valence-corrected chi connectivity index (χ0v) is 24.1. The molecule has 1 aliphatic heterocycles. The first-order valence-corrected chi connectivity index (χ1v) is 15.0. The van der Waals surface area contributed by atoms with Gasteiger partial charge in [0, 0.05) is 37.0 Å². The number of carbonyl (C=O) groups is 2. The molecule has 5 aliphatic rings. The van der Waals surface area contributed by atoms with E-state index in [1.807, 2.05) is 13.0 Å². The summed E-state index contributed by atoms with van der Waals surface area (Å²) < 4.78 is 45.8. The number of hydrogen-bond donors (Lipinski definition) is 0. The average molecular weight is 566 g/mol. The topological polar surface area (TPSA) is 46.6 Å². The molecule has 2 saturated carbocycles. The SMILES string of the molecule is CC(=O)[C@@]1(C#CC(F)(F)F)CC[C@H]2[C@@H]3CC(C)C4=CC(=O)CCC4=C3[C@@H](c3ccc(N4CCOCC4)cc3)C[C@@]21C. The molecular formula is C34H38F3NO3. The van der Waals surface area contributed by atoms with Gasteiger partial charge in [-0.1, -0.05) is 37.5 Å². The van der Waals surface area contributed by atoms with Gasteiger partial charge in [0.15, 0.2) is 5.78 Å². The Hall–Kier alpha value is -2.85. The first-order valence-electron chi connectivity index (χ1n) is 15.0. The summed E-state index contributed by atoms with van der Waals surface area (Å²) in [7, 11) is 0. The third-order valence-electron chi connectivity index (χ3n) is 11.0. The molecule has 0 N–H and O–H groups in total. The Morgan fingerprint density at radius 3 is 2.49 bits per heavy atom. The van der Waals surface area contributed by atoms with Crippen LogP contribution in [0.4, 0.5) is 18.9 Å². The Balaban J connectivity index is 1.49. The molecule has 1 aromatic carbocycles. The summed E-state index contributed by atoms with van der Waals surface area (Å²) in [5, 5.41) is 0. The first kappa shape index (κ1) is 28.3. The second kappa shape index (κ2) is 10.2. The maximum absolute atomic E-state index is 13.4. The standard InChI is InChI=1S/C34H38F3NO3/c1-21-18-28-30-10-11-33(22(2)39,12-13-34(35,36)37)32(30,3)20-29(31(28)26-9-8-25(40)19-27(21)26)23-4-6-24(7-5-23)38-14-16-41-17-15-38/h4-7,19,21,28-30H,8-11,14-18,20H2,1-3H3/t21?,28-,29+,30-,32-,33-/m0/s1. The molecule has 4 aliphatic carbocycles. The minimum atomic E-state index is -4.65. The van der Waals surface area contributed by atoms with E-state index < -0.39 is 17.0 Å². The number of alkyl halides is 3. The molecular weight excluding hydrogens is 527 g/mol. The van der Waals surface area contributed by atoms with E-state index >= 15 is 0 Å². The maximum Gasteiger partial charge on any atom is 0.457 e. The summed E-state index contributed by atoms with van der Waals surface area (Å²) in [5.41, 5.74) is 3.97. The smallest absolute Gasteiger partial charge is 0.378 e. The number of ether oxygens (including phenoxy) is 1. The Morgan fingerprint density at radius 2 is 1.83 bits per heavy atom. The van der Waals surface area contributed by atoms with E-state index in [1.54, 1.807) is 0 Å². The fourth-order valence-electron chi connectivity index (χ4n) is 9.07. The van der Waals surface area contributed by atoms with Crippen LogP contribution in [0.15, 0.2) is 47.1 Å². The number of halogens is 3. The molecule has 218 valence electrons. The molecule has 7 heteroatoms. The van der Waals surface area contributed by atoms with Gasteiger partial charge in [0.25, 0.3) is 0 Å². The molecule has 0 amide bonds. The highest BCUT2D eigenvalue weighted by atomic mass is 19.4. The predicted molar refractivity (Wildman–Crippen MR) is 151 cm³/mol. The molecule has 0 bridgehead atoms. The average Bonchev–Trinajstić information content (AvgIpc) is 3.25. The number of ketones is 2. The largest absolute Gasteiger partial charge is 0.457 e. The quantitative estimate of drug-likeness (QED) is 0.378. The molecule has 1 heterocycles. The molecule has 6 rings (SSSR count). The van der Waals surface area contributed by atoms with E-state index in [9.17, 15) is 22.8 Å². The highest BCUT2D eigenvalue weighted by Crippen LogP contribution is 2.70. The summed E-state index contributed by atoms with van der Waals surface area (Å²) >= 11 is 0. The van der Waals surface area contributed by atoms with Crippen LogP contribution in [0.25, 0.3) is 0 Å². The number of morpholine rings is 1. The van der Waals surface area contributed by atoms with E-state index in [-0.39, 0.29) is 35.2 Å². The van der Waals surface area contributed by atoms with Crippen molar-refractivity contribution < 1.29 is 27.5 Å². The molecule has 4 nitrogen and oxygen atoms in total. The van der Waals surface area contributed by atoms with Gasteiger partial charge in [-0.2, -0.15) is 13.2 Å². The van der Waals surface area contributed by atoms with Crippen LogP contribution in [0.2, 0.25) is 0 Å². The van der Waals surface area contributed by atoms with Gasteiger partial charge in [0.1, 0.15) is 5.78 Å². The Labute approximate surface area is 240 Å². The Bertz CT molecular complexity index is 1370. The lowest BCUT2D eigenvalue weighted by atomic mass is 9.47.